The number of amides is 1. The molecule has 1 aromatic carbocycles. The van der Waals surface area contributed by atoms with Gasteiger partial charge >= 0.3 is 0 Å². The van der Waals surface area contributed by atoms with Gasteiger partial charge in [-0.2, -0.15) is 0 Å². The Morgan fingerprint density at radius 1 is 1.41 bits per heavy atom. The summed E-state index contributed by atoms with van der Waals surface area (Å²) < 4.78 is 18.4. The molecule has 0 aliphatic heterocycles. The number of carbonyl (C=O) groups excluding carboxylic acids is 1. The number of furan rings is 1. The van der Waals surface area contributed by atoms with Gasteiger partial charge in [0, 0.05) is 5.69 Å². The van der Waals surface area contributed by atoms with Crippen molar-refractivity contribution in [1.29, 1.82) is 0 Å². The molecular weight excluding hydrogens is 312 g/mol. The topological polar surface area (TPSA) is 42.2 Å². The van der Waals surface area contributed by atoms with Crippen molar-refractivity contribution >= 4 is 39.1 Å². The Hall–Kier alpha value is -1.33. The van der Waals surface area contributed by atoms with E-state index in [-0.39, 0.29) is 5.02 Å². The van der Waals surface area contributed by atoms with Crippen LogP contribution in [0.1, 0.15) is 10.4 Å². The summed E-state index contributed by atoms with van der Waals surface area (Å²) in [6.45, 7) is 0. The summed E-state index contributed by atoms with van der Waals surface area (Å²) in [6.07, 6.45) is 1.38. The molecule has 0 atom stereocenters. The maximum Gasteiger partial charge on any atom is 0.260 e. The van der Waals surface area contributed by atoms with Gasteiger partial charge in [0.15, 0.2) is 4.67 Å². The van der Waals surface area contributed by atoms with E-state index in [1.54, 1.807) is 0 Å². The molecule has 1 amide bonds. The quantitative estimate of drug-likeness (QED) is 0.906. The minimum absolute atomic E-state index is 0.00694. The normalized spacial score (nSPS) is 10.3. The molecule has 2 rings (SSSR count). The van der Waals surface area contributed by atoms with Gasteiger partial charge in [0.2, 0.25) is 0 Å². The van der Waals surface area contributed by atoms with Crippen LogP contribution in [-0.4, -0.2) is 5.91 Å². The number of hydrogen-bond donors (Lipinski definition) is 1. The predicted octanol–water partition coefficient (Wildman–Crippen LogP) is 4.09. The van der Waals surface area contributed by atoms with E-state index in [0.29, 0.717) is 15.9 Å². The fraction of sp³-hybridized carbons (Fsp3) is 0. The second-order valence-electron chi connectivity index (χ2n) is 3.19. The molecule has 3 nitrogen and oxygen atoms in total. The van der Waals surface area contributed by atoms with Gasteiger partial charge < -0.3 is 9.73 Å². The number of carbonyl (C=O) groups is 1. The third-order valence-electron chi connectivity index (χ3n) is 2.04. The second kappa shape index (κ2) is 4.89. The van der Waals surface area contributed by atoms with Crippen LogP contribution in [0.15, 0.2) is 39.6 Å². The van der Waals surface area contributed by atoms with Gasteiger partial charge in [-0.25, -0.2) is 4.39 Å². The zero-order chi connectivity index (χ0) is 12.4. The average molecular weight is 319 g/mol. The summed E-state index contributed by atoms with van der Waals surface area (Å²) in [5.74, 6) is -0.983. The molecular formula is C11H6BrClFNO2. The summed E-state index contributed by atoms with van der Waals surface area (Å²) in [6, 6.07) is 5.54. The highest BCUT2D eigenvalue weighted by atomic mass is 79.9. The van der Waals surface area contributed by atoms with Crippen LogP contribution in [0.5, 0.6) is 0 Å². The summed E-state index contributed by atoms with van der Waals surface area (Å²) in [5, 5.41) is 2.53. The lowest BCUT2D eigenvalue weighted by Gasteiger charge is -2.04. The predicted molar refractivity (Wildman–Crippen MR) is 65.8 cm³/mol. The smallest absolute Gasteiger partial charge is 0.260 e. The van der Waals surface area contributed by atoms with E-state index >= 15 is 0 Å². The summed E-state index contributed by atoms with van der Waals surface area (Å²) in [7, 11) is 0. The lowest BCUT2D eigenvalue weighted by atomic mass is 10.2. The van der Waals surface area contributed by atoms with Crippen molar-refractivity contribution in [2.45, 2.75) is 0 Å². The molecule has 0 radical (unpaired) electrons. The van der Waals surface area contributed by atoms with Crippen molar-refractivity contribution in [1.82, 2.24) is 0 Å². The number of rotatable bonds is 2. The minimum atomic E-state index is -0.587. The second-order valence-corrected chi connectivity index (χ2v) is 4.32. The van der Waals surface area contributed by atoms with Crippen LogP contribution in [0.3, 0.4) is 0 Å². The van der Waals surface area contributed by atoms with Crippen molar-refractivity contribution in [2.24, 2.45) is 0 Å². The van der Waals surface area contributed by atoms with Gasteiger partial charge in [0.25, 0.3) is 5.91 Å². The lowest BCUT2D eigenvalue weighted by Crippen LogP contribution is -2.11. The first-order chi connectivity index (χ1) is 8.08. The van der Waals surface area contributed by atoms with Gasteiger partial charge in [-0.3, -0.25) is 4.79 Å². The molecule has 0 aliphatic carbocycles. The molecule has 0 fully saturated rings. The van der Waals surface area contributed by atoms with E-state index in [9.17, 15) is 9.18 Å². The van der Waals surface area contributed by atoms with Crippen LogP contribution in [0, 0.1) is 5.82 Å². The maximum absolute atomic E-state index is 13.1. The fourth-order valence-corrected chi connectivity index (χ4v) is 1.77. The average Bonchev–Trinajstić information content (AvgIpc) is 2.70. The van der Waals surface area contributed by atoms with E-state index in [4.69, 9.17) is 16.0 Å². The molecule has 88 valence electrons. The Labute approximate surface area is 110 Å². The third-order valence-corrected chi connectivity index (χ3v) is 2.96. The van der Waals surface area contributed by atoms with E-state index in [1.165, 1.54) is 24.5 Å². The van der Waals surface area contributed by atoms with E-state index in [1.807, 2.05) is 0 Å². The molecule has 1 heterocycles. The maximum atomic E-state index is 13.1. The van der Waals surface area contributed by atoms with Crippen LogP contribution >= 0.6 is 27.5 Å². The van der Waals surface area contributed by atoms with Crippen molar-refractivity contribution in [3.8, 4) is 0 Å². The van der Waals surface area contributed by atoms with E-state index < -0.39 is 11.7 Å². The monoisotopic (exact) mass is 317 g/mol. The van der Waals surface area contributed by atoms with Crippen molar-refractivity contribution in [2.75, 3.05) is 5.32 Å². The van der Waals surface area contributed by atoms with Gasteiger partial charge in [0.05, 0.1) is 16.8 Å². The molecule has 0 saturated heterocycles. The van der Waals surface area contributed by atoms with Crippen LogP contribution in [0.2, 0.25) is 5.02 Å². The Bertz CT molecular complexity index is 570. The number of halogens is 3. The van der Waals surface area contributed by atoms with E-state index in [0.717, 1.165) is 6.07 Å². The van der Waals surface area contributed by atoms with Crippen molar-refractivity contribution in [3.63, 3.8) is 0 Å². The first-order valence-electron chi connectivity index (χ1n) is 4.57. The molecule has 0 bridgehead atoms. The fourth-order valence-electron chi connectivity index (χ4n) is 1.23. The first-order valence-corrected chi connectivity index (χ1v) is 5.74. The highest BCUT2D eigenvalue weighted by molar-refractivity contribution is 9.10. The van der Waals surface area contributed by atoms with Gasteiger partial charge in [0.1, 0.15) is 5.82 Å². The molecule has 0 saturated carbocycles. The van der Waals surface area contributed by atoms with Crippen LogP contribution in [-0.2, 0) is 0 Å². The zero-order valence-corrected chi connectivity index (χ0v) is 10.7. The van der Waals surface area contributed by atoms with E-state index in [2.05, 4.69) is 21.2 Å². The third kappa shape index (κ3) is 2.68. The van der Waals surface area contributed by atoms with Crippen LogP contribution in [0.4, 0.5) is 10.1 Å². The minimum Gasteiger partial charge on any atom is -0.457 e. The standard InChI is InChI=1S/C11H6BrClFNO2/c12-10-7(3-4-17-10)11(16)15-6-1-2-8(13)9(14)5-6/h1-5H,(H,15,16). The van der Waals surface area contributed by atoms with Gasteiger partial charge in [-0.05, 0) is 40.2 Å². The number of benzene rings is 1. The number of anilines is 1. The van der Waals surface area contributed by atoms with Crippen molar-refractivity contribution in [3.05, 3.63) is 51.6 Å². The van der Waals surface area contributed by atoms with Gasteiger partial charge in [-0.1, -0.05) is 11.6 Å². The molecule has 2 aromatic rings. The first kappa shape index (κ1) is 12.1. The highest BCUT2D eigenvalue weighted by Gasteiger charge is 2.13. The Morgan fingerprint density at radius 3 is 2.76 bits per heavy atom. The molecule has 6 heteroatoms. The van der Waals surface area contributed by atoms with Crippen LogP contribution < -0.4 is 5.32 Å². The largest absolute Gasteiger partial charge is 0.457 e. The molecule has 0 unspecified atom stereocenters. The Morgan fingerprint density at radius 2 is 2.18 bits per heavy atom. The Kier molecular flexibility index (Phi) is 3.49. The van der Waals surface area contributed by atoms with Crippen molar-refractivity contribution < 1.29 is 13.6 Å². The molecule has 1 N–H and O–H groups in total. The number of hydrogen-bond acceptors (Lipinski definition) is 2. The SMILES string of the molecule is O=C(Nc1ccc(Cl)c(F)c1)c1ccoc1Br. The molecule has 17 heavy (non-hydrogen) atoms. The summed E-state index contributed by atoms with van der Waals surface area (Å²) in [4.78, 5) is 11.7. The Balaban J connectivity index is 2.19. The van der Waals surface area contributed by atoms with Gasteiger partial charge in [-0.15, -0.1) is 0 Å². The summed E-state index contributed by atoms with van der Waals surface area (Å²) >= 11 is 8.62. The molecule has 0 spiro atoms. The van der Waals surface area contributed by atoms with Crippen LogP contribution in [0.25, 0.3) is 0 Å². The highest BCUT2D eigenvalue weighted by Crippen LogP contribution is 2.21. The lowest BCUT2D eigenvalue weighted by molar-refractivity contribution is 0.102. The number of nitrogens with one attached hydrogen (secondary N) is 1. The summed E-state index contributed by atoms with van der Waals surface area (Å²) in [5.41, 5.74) is 0.658. The molecule has 1 aromatic heterocycles. The molecule has 0 aliphatic rings. The zero-order valence-electron chi connectivity index (χ0n) is 8.34.